The molecule has 2 nitrogen and oxygen atoms in total. The van der Waals surface area contributed by atoms with Crippen LogP contribution in [0.1, 0.15) is 58.8 Å². The molecule has 0 heterocycles. The first kappa shape index (κ1) is 15.2. The van der Waals surface area contributed by atoms with E-state index in [9.17, 15) is 0 Å². The maximum atomic E-state index is 5.87. The van der Waals surface area contributed by atoms with Gasteiger partial charge in [0.25, 0.3) is 0 Å². The van der Waals surface area contributed by atoms with Gasteiger partial charge in [0.05, 0.1) is 0 Å². The summed E-state index contributed by atoms with van der Waals surface area (Å²) in [6.07, 6.45) is 9.60. The molecule has 1 saturated carbocycles. The molecule has 1 fully saturated rings. The maximum absolute atomic E-state index is 5.87. The quantitative estimate of drug-likeness (QED) is 0.598. The fourth-order valence-electron chi connectivity index (χ4n) is 2.76. The monoisotopic (exact) mass is 257 g/mol. The predicted octanol–water partition coefficient (Wildman–Crippen LogP) is 4.45. The van der Waals surface area contributed by atoms with Crippen LogP contribution in [0.5, 0.6) is 0 Å². The molecular formula is C14H29O2Si. The largest absolute Gasteiger partial charge is 0.395 e. The summed E-state index contributed by atoms with van der Waals surface area (Å²) in [7, 11) is -1.85. The average molecular weight is 257 g/mol. The molecule has 1 aliphatic carbocycles. The van der Waals surface area contributed by atoms with Gasteiger partial charge in [0, 0.05) is 13.2 Å². The van der Waals surface area contributed by atoms with E-state index in [1.54, 1.807) is 5.92 Å². The van der Waals surface area contributed by atoms with Gasteiger partial charge in [-0.1, -0.05) is 25.7 Å². The number of hydrogen-bond acceptors (Lipinski definition) is 2. The van der Waals surface area contributed by atoms with Crippen LogP contribution in [0.3, 0.4) is 0 Å². The molecule has 0 bridgehead atoms. The summed E-state index contributed by atoms with van der Waals surface area (Å²) in [4.78, 5) is 0. The smallest absolute Gasteiger partial charge is 0.334 e. The van der Waals surface area contributed by atoms with E-state index < -0.39 is 8.56 Å². The lowest BCUT2D eigenvalue weighted by Crippen LogP contribution is -2.38. The minimum Gasteiger partial charge on any atom is -0.395 e. The van der Waals surface area contributed by atoms with Crippen LogP contribution >= 0.6 is 0 Å². The molecule has 0 aromatic heterocycles. The van der Waals surface area contributed by atoms with Crippen molar-refractivity contribution in [3.8, 4) is 0 Å². The van der Waals surface area contributed by atoms with Crippen molar-refractivity contribution in [1.82, 2.24) is 0 Å². The Kier molecular flexibility index (Phi) is 7.40. The number of hydrogen-bond donors (Lipinski definition) is 0. The molecule has 17 heavy (non-hydrogen) atoms. The Morgan fingerprint density at radius 3 is 2.12 bits per heavy atom. The lowest BCUT2D eigenvalue weighted by molar-refractivity contribution is 0.188. The van der Waals surface area contributed by atoms with E-state index in [2.05, 4.69) is 20.4 Å². The predicted molar refractivity (Wildman–Crippen MR) is 75.2 cm³/mol. The number of rotatable bonds is 8. The van der Waals surface area contributed by atoms with Crippen molar-refractivity contribution in [3.63, 3.8) is 0 Å². The van der Waals surface area contributed by atoms with Crippen LogP contribution in [0.4, 0.5) is 0 Å². The van der Waals surface area contributed by atoms with Gasteiger partial charge < -0.3 is 8.85 Å². The van der Waals surface area contributed by atoms with Crippen LogP contribution in [0.25, 0.3) is 0 Å². The minimum absolute atomic E-state index is 0.791. The van der Waals surface area contributed by atoms with Gasteiger partial charge in [-0.25, -0.2) is 0 Å². The Labute approximate surface area is 108 Å². The highest BCUT2D eigenvalue weighted by Gasteiger charge is 2.30. The van der Waals surface area contributed by atoms with Crippen LogP contribution in [-0.2, 0) is 8.85 Å². The van der Waals surface area contributed by atoms with Crippen molar-refractivity contribution < 1.29 is 8.85 Å². The van der Waals surface area contributed by atoms with E-state index in [1.165, 1.54) is 44.9 Å². The van der Waals surface area contributed by atoms with Crippen molar-refractivity contribution in [2.75, 3.05) is 13.2 Å². The molecule has 0 unspecified atom stereocenters. The topological polar surface area (TPSA) is 18.5 Å². The molecule has 0 N–H and O–H groups in total. The van der Waals surface area contributed by atoms with Gasteiger partial charge in [0.1, 0.15) is 0 Å². The Balaban J connectivity index is 2.21. The summed E-state index contributed by atoms with van der Waals surface area (Å²) < 4.78 is 11.7. The van der Waals surface area contributed by atoms with Crippen LogP contribution in [-0.4, -0.2) is 21.8 Å². The zero-order valence-electron chi connectivity index (χ0n) is 11.9. The summed E-state index contributed by atoms with van der Waals surface area (Å²) in [5, 5.41) is 0. The van der Waals surface area contributed by atoms with Crippen molar-refractivity contribution in [3.05, 3.63) is 5.92 Å². The molecule has 1 radical (unpaired) electrons. The minimum atomic E-state index is -1.85. The zero-order valence-corrected chi connectivity index (χ0v) is 12.9. The van der Waals surface area contributed by atoms with Gasteiger partial charge in [-0.3, -0.25) is 0 Å². The van der Waals surface area contributed by atoms with Gasteiger partial charge in [-0.15, -0.1) is 0 Å². The Bertz CT molecular complexity index is 185. The molecule has 0 saturated heterocycles. The first-order valence-corrected chi connectivity index (χ1v) is 9.84. The third kappa shape index (κ3) is 6.02. The molecule has 1 aliphatic rings. The molecular weight excluding hydrogens is 228 g/mol. The molecule has 0 spiro atoms. The van der Waals surface area contributed by atoms with Crippen molar-refractivity contribution in [2.45, 2.75) is 71.4 Å². The average Bonchev–Trinajstić information content (AvgIpc) is 2.31. The second-order valence-corrected chi connectivity index (χ2v) is 8.51. The highest BCUT2D eigenvalue weighted by atomic mass is 28.4. The molecule has 0 aliphatic heterocycles. The molecule has 1 rings (SSSR count). The van der Waals surface area contributed by atoms with E-state index in [0.29, 0.717) is 0 Å². The van der Waals surface area contributed by atoms with E-state index in [0.717, 1.165) is 19.3 Å². The normalized spacial score (nSPS) is 18.5. The summed E-state index contributed by atoms with van der Waals surface area (Å²) in [6, 6.07) is 1.15. The SMILES string of the molecule is CCO[Si](C)(CCC[C]1CCCCC1)OCC. The Morgan fingerprint density at radius 1 is 1.00 bits per heavy atom. The van der Waals surface area contributed by atoms with Crippen molar-refractivity contribution >= 4 is 8.56 Å². The lowest BCUT2D eigenvalue weighted by Gasteiger charge is -2.27. The third-order valence-electron chi connectivity index (χ3n) is 3.62. The van der Waals surface area contributed by atoms with Crippen molar-refractivity contribution in [1.29, 1.82) is 0 Å². The second-order valence-electron chi connectivity index (χ2n) is 5.16. The van der Waals surface area contributed by atoms with E-state index >= 15 is 0 Å². The second kappa shape index (κ2) is 8.28. The van der Waals surface area contributed by atoms with E-state index in [-0.39, 0.29) is 0 Å². The molecule has 3 heteroatoms. The van der Waals surface area contributed by atoms with Gasteiger partial charge in [0.15, 0.2) is 0 Å². The molecule has 0 amide bonds. The first-order chi connectivity index (χ1) is 8.20. The van der Waals surface area contributed by atoms with Gasteiger partial charge in [0.2, 0.25) is 0 Å². The molecule has 0 atom stereocenters. The zero-order chi connectivity index (χ0) is 12.6. The summed E-state index contributed by atoms with van der Waals surface area (Å²) in [6.45, 7) is 7.93. The lowest BCUT2D eigenvalue weighted by atomic mass is 9.86. The molecule has 0 aromatic rings. The van der Waals surface area contributed by atoms with Crippen molar-refractivity contribution in [2.24, 2.45) is 0 Å². The fraction of sp³-hybridized carbons (Fsp3) is 0.929. The first-order valence-electron chi connectivity index (χ1n) is 7.31. The van der Waals surface area contributed by atoms with Crippen LogP contribution in [0, 0.1) is 5.92 Å². The van der Waals surface area contributed by atoms with E-state index in [1.807, 2.05) is 0 Å². The van der Waals surface area contributed by atoms with E-state index in [4.69, 9.17) is 8.85 Å². The van der Waals surface area contributed by atoms with Gasteiger partial charge >= 0.3 is 8.56 Å². The Hall–Kier alpha value is 0.137. The molecule has 0 aromatic carbocycles. The van der Waals surface area contributed by atoms with Crippen LogP contribution < -0.4 is 0 Å². The summed E-state index contributed by atoms with van der Waals surface area (Å²) in [5.74, 6) is 1.79. The summed E-state index contributed by atoms with van der Waals surface area (Å²) in [5.41, 5.74) is 0. The molecule has 101 valence electrons. The standard InChI is InChI=1S/C14H29O2Si/c1-4-15-17(3,16-5-2)13-9-12-14-10-7-6-8-11-14/h4-13H2,1-3H3. The summed E-state index contributed by atoms with van der Waals surface area (Å²) >= 11 is 0. The van der Waals surface area contributed by atoms with Crippen LogP contribution in [0.15, 0.2) is 0 Å². The third-order valence-corrected chi connectivity index (χ3v) is 6.68. The maximum Gasteiger partial charge on any atom is 0.334 e. The highest BCUT2D eigenvalue weighted by Crippen LogP contribution is 2.31. The fourth-order valence-corrected chi connectivity index (χ4v) is 5.17. The van der Waals surface area contributed by atoms with Gasteiger partial charge in [-0.05, 0) is 51.6 Å². The highest BCUT2D eigenvalue weighted by molar-refractivity contribution is 6.66. The van der Waals surface area contributed by atoms with Crippen LogP contribution in [0.2, 0.25) is 12.6 Å². The van der Waals surface area contributed by atoms with Gasteiger partial charge in [-0.2, -0.15) is 0 Å². The Morgan fingerprint density at radius 2 is 1.59 bits per heavy atom.